The fourth-order valence-electron chi connectivity index (χ4n) is 4.38. The van der Waals surface area contributed by atoms with Gasteiger partial charge in [-0.3, -0.25) is 29.4 Å². The van der Waals surface area contributed by atoms with Crippen LogP contribution in [0.5, 0.6) is 0 Å². The zero-order valence-electron chi connectivity index (χ0n) is 17.1. The molecule has 3 aliphatic rings. The predicted octanol–water partition coefficient (Wildman–Crippen LogP) is 1.42. The minimum absolute atomic E-state index is 0.335. The van der Waals surface area contributed by atoms with Gasteiger partial charge in [-0.15, -0.1) is 0 Å². The normalized spacial score (nSPS) is 23.5. The summed E-state index contributed by atoms with van der Waals surface area (Å²) >= 11 is 0. The molecule has 30 heavy (non-hydrogen) atoms. The smallest absolute Gasteiger partial charge is 0.326 e. The molecule has 2 aliphatic carbocycles. The number of urea groups is 1. The van der Waals surface area contributed by atoms with E-state index >= 15 is 0 Å². The Bertz CT molecular complexity index is 723. The molecule has 0 aromatic rings. The lowest BCUT2D eigenvalue weighted by molar-refractivity contribution is -0.154. The number of amides is 5. The van der Waals surface area contributed by atoms with Gasteiger partial charge in [-0.2, -0.15) is 0 Å². The second kappa shape index (κ2) is 10.4. The standard InChI is InChI=1S/C21H29N3O6/c25-17(23-21(29)22-11-10-14-6-2-1-3-7-14)13-30-18(26)12-24-19(27)15-8-4-5-9-16(15)20(24)28/h6,15-16H,1-5,7-13H2,(H2,22,23,25,29)/t15-,16+. The summed E-state index contributed by atoms with van der Waals surface area (Å²) in [6, 6.07) is -0.651. The van der Waals surface area contributed by atoms with Gasteiger partial charge in [0, 0.05) is 6.54 Å². The zero-order chi connectivity index (χ0) is 21.5. The van der Waals surface area contributed by atoms with Crippen LogP contribution in [-0.4, -0.2) is 54.3 Å². The molecule has 0 aromatic heterocycles. The highest BCUT2D eigenvalue weighted by molar-refractivity contribution is 6.07. The van der Waals surface area contributed by atoms with Crippen molar-refractivity contribution in [1.82, 2.24) is 15.5 Å². The molecule has 0 aromatic carbocycles. The van der Waals surface area contributed by atoms with Crippen molar-refractivity contribution in [2.24, 2.45) is 11.8 Å². The lowest BCUT2D eigenvalue weighted by Gasteiger charge is -2.19. The number of carbonyl (C=O) groups is 5. The largest absolute Gasteiger partial charge is 0.454 e. The van der Waals surface area contributed by atoms with E-state index in [4.69, 9.17) is 4.74 Å². The summed E-state index contributed by atoms with van der Waals surface area (Å²) in [6.07, 6.45) is 10.5. The third-order valence-electron chi connectivity index (χ3n) is 5.95. The molecule has 1 saturated carbocycles. The zero-order valence-corrected chi connectivity index (χ0v) is 17.1. The van der Waals surface area contributed by atoms with E-state index in [1.807, 2.05) is 0 Å². The third kappa shape index (κ3) is 5.67. The van der Waals surface area contributed by atoms with Crippen LogP contribution in [0.1, 0.15) is 57.8 Å². The number of ether oxygens (including phenoxy) is 1. The van der Waals surface area contributed by atoms with E-state index in [9.17, 15) is 24.0 Å². The maximum absolute atomic E-state index is 12.3. The lowest BCUT2D eigenvalue weighted by atomic mass is 9.81. The molecular weight excluding hydrogens is 390 g/mol. The Labute approximate surface area is 175 Å². The Balaban J connectivity index is 1.33. The molecular formula is C21H29N3O6. The van der Waals surface area contributed by atoms with E-state index in [0.29, 0.717) is 19.4 Å². The molecule has 5 amide bonds. The molecule has 2 N–H and O–H groups in total. The fraction of sp³-hybridized carbons (Fsp3) is 0.667. The van der Waals surface area contributed by atoms with Gasteiger partial charge in [-0.1, -0.05) is 24.5 Å². The Hall–Kier alpha value is -2.71. The number of fused-ring (bicyclic) bond motifs is 1. The van der Waals surface area contributed by atoms with Crippen LogP contribution in [-0.2, 0) is 23.9 Å². The second-order valence-electron chi connectivity index (χ2n) is 8.08. The predicted molar refractivity (Wildman–Crippen MR) is 106 cm³/mol. The first-order chi connectivity index (χ1) is 14.5. The summed E-state index contributed by atoms with van der Waals surface area (Å²) in [4.78, 5) is 61.1. The maximum Gasteiger partial charge on any atom is 0.326 e. The third-order valence-corrected chi connectivity index (χ3v) is 5.95. The average molecular weight is 419 g/mol. The van der Waals surface area contributed by atoms with Crippen LogP contribution >= 0.6 is 0 Å². The fourth-order valence-corrected chi connectivity index (χ4v) is 4.38. The minimum Gasteiger partial charge on any atom is -0.454 e. The molecule has 0 unspecified atom stereocenters. The lowest BCUT2D eigenvalue weighted by Crippen LogP contribution is -2.42. The van der Waals surface area contributed by atoms with Gasteiger partial charge in [0.1, 0.15) is 6.54 Å². The number of rotatable bonds is 7. The number of hydrogen-bond donors (Lipinski definition) is 2. The quantitative estimate of drug-likeness (QED) is 0.366. The summed E-state index contributed by atoms with van der Waals surface area (Å²) in [5.41, 5.74) is 1.31. The van der Waals surface area contributed by atoms with Crippen LogP contribution in [0.25, 0.3) is 0 Å². The number of carbonyl (C=O) groups excluding carboxylic acids is 5. The van der Waals surface area contributed by atoms with Crippen molar-refractivity contribution in [3.8, 4) is 0 Å². The summed E-state index contributed by atoms with van der Waals surface area (Å²) in [5, 5.41) is 4.69. The van der Waals surface area contributed by atoms with Crippen molar-refractivity contribution in [3.63, 3.8) is 0 Å². The number of esters is 1. The molecule has 9 nitrogen and oxygen atoms in total. The van der Waals surface area contributed by atoms with E-state index in [1.165, 1.54) is 12.0 Å². The van der Waals surface area contributed by atoms with E-state index < -0.39 is 31.1 Å². The van der Waals surface area contributed by atoms with Gasteiger partial charge in [0.15, 0.2) is 6.61 Å². The highest BCUT2D eigenvalue weighted by Crippen LogP contribution is 2.37. The molecule has 3 rings (SSSR count). The molecule has 9 heteroatoms. The number of allylic oxidation sites excluding steroid dienone is 1. The van der Waals surface area contributed by atoms with Crippen molar-refractivity contribution < 1.29 is 28.7 Å². The SMILES string of the molecule is O=C(COC(=O)CN1C(=O)[C@H]2CCCC[C@H]2C1=O)NC(=O)NCCC1=CCCCC1. The van der Waals surface area contributed by atoms with Gasteiger partial charge >= 0.3 is 12.0 Å². The molecule has 164 valence electrons. The van der Waals surface area contributed by atoms with Gasteiger partial charge in [-0.25, -0.2) is 4.79 Å². The van der Waals surface area contributed by atoms with Crippen LogP contribution < -0.4 is 10.6 Å². The average Bonchev–Trinajstić information content (AvgIpc) is 2.98. The monoisotopic (exact) mass is 419 g/mol. The molecule has 0 bridgehead atoms. The topological polar surface area (TPSA) is 122 Å². The minimum atomic E-state index is -0.852. The Morgan fingerprint density at radius 2 is 1.73 bits per heavy atom. The number of likely N-dealkylation sites (tertiary alicyclic amines) is 1. The first kappa shape index (κ1) is 22.0. The highest BCUT2D eigenvalue weighted by Gasteiger charge is 2.48. The van der Waals surface area contributed by atoms with Crippen LogP contribution in [0.3, 0.4) is 0 Å². The molecule has 2 fully saturated rings. The van der Waals surface area contributed by atoms with E-state index in [2.05, 4.69) is 16.7 Å². The molecule has 1 heterocycles. The Morgan fingerprint density at radius 1 is 1.03 bits per heavy atom. The van der Waals surface area contributed by atoms with Crippen LogP contribution in [0.4, 0.5) is 4.79 Å². The Morgan fingerprint density at radius 3 is 2.37 bits per heavy atom. The van der Waals surface area contributed by atoms with Crippen LogP contribution in [0.15, 0.2) is 11.6 Å². The highest BCUT2D eigenvalue weighted by atomic mass is 16.5. The first-order valence-corrected chi connectivity index (χ1v) is 10.7. The van der Waals surface area contributed by atoms with E-state index in [1.54, 1.807) is 0 Å². The second-order valence-corrected chi connectivity index (χ2v) is 8.08. The Kier molecular flexibility index (Phi) is 7.59. The molecule has 0 radical (unpaired) electrons. The molecule has 2 atom stereocenters. The summed E-state index contributed by atoms with van der Waals surface area (Å²) in [6.45, 7) is -0.730. The van der Waals surface area contributed by atoms with Crippen molar-refractivity contribution in [3.05, 3.63) is 11.6 Å². The van der Waals surface area contributed by atoms with E-state index in [-0.39, 0.29) is 23.7 Å². The summed E-state index contributed by atoms with van der Waals surface area (Å²) in [7, 11) is 0. The van der Waals surface area contributed by atoms with Crippen LogP contribution in [0, 0.1) is 11.8 Å². The van der Waals surface area contributed by atoms with Gasteiger partial charge in [0.25, 0.3) is 5.91 Å². The van der Waals surface area contributed by atoms with Crippen molar-refractivity contribution in [2.75, 3.05) is 19.7 Å². The van der Waals surface area contributed by atoms with Gasteiger partial charge < -0.3 is 10.1 Å². The number of hydrogen-bond acceptors (Lipinski definition) is 6. The summed E-state index contributed by atoms with van der Waals surface area (Å²) in [5.74, 6) is -2.97. The van der Waals surface area contributed by atoms with Crippen LogP contribution in [0.2, 0.25) is 0 Å². The first-order valence-electron chi connectivity index (χ1n) is 10.7. The number of nitrogens with one attached hydrogen (secondary N) is 2. The molecule has 1 aliphatic heterocycles. The van der Waals surface area contributed by atoms with Gasteiger partial charge in [0.05, 0.1) is 11.8 Å². The van der Waals surface area contributed by atoms with Crippen molar-refractivity contribution >= 4 is 29.7 Å². The van der Waals surface area contributed by atoms with Crippen molar-refractivity contribution in [1.29, 1.82) is 0 Å². The van der Waals surface area contributed by atoms with Gasteiger partial charge in [-0.05, 0) is 44.9 Å². The number of imide groups is 2. The molecule has 1 saturated heterocycles. The summed E-state index contributed by atoms with van der Waals surface area (Å²) < 4.78 is 4.83. The number of nitrogens with zero attached hydrogens (tertiary/aromatic N) is 1. The van der Waals surface area contributed by atoms with Gasteiger partial charge in [0.2, 0.25) is 11.8 Å². The van der Waals surface area contributed by atoms with E-state index in [0.717, 1.165) is 43.4 Å². The maximum atomic E-state index is 12.3. The van der Waals surface area contributed by atoms with Crippen molar-refractivity contribution in [2.45, 2.75) is 57.8 Å². The molecule has 0 spiro atoms.